The van der Waals surface area contributed by atoms with Gasteiger partial charge in [0.05, 0.1) is 33.3 Å². The molecule has 2 nitrogen and oxygen atoms in total. The summed E-state index contributed by atoms with van der Waals surface area (Å²) in [4.78, 5) is 2.41. The van der Waals surface area contributed by atoms with Gasteiger partial charge in [0.25, 0.3) is 0 Å². The summed E-state index contributed by atoms with van der Waals surface area (Å²) in [6, 6.07) is 72.4. The van der Waals surface area contributed by atoms with Crippen molar-refractivity contribution >= 4 is 49.6 Å². The average molecular weight is 779 g/mol. The fourth-order valence-electron chi connectivity index (χ4n) is 10.7. The zero-order chi connectivity index (χ0) is 43.6. The highest BCUT2D eigenvalue weighted by atomic mass is 15.1. The van der Waals surface area contributed by atoms with E-state index in [0.717, 1.165) is 89.1 Å². The number of anilines is 3. The van der Waals surface area contributed by atoms with E-state index >= 15 is 0 Å². The zero-order valence-corrected chi connectivity index (χ0v) is 33.0. The number of rotatable bonds is 5. The summed E-state index contributed by atoms with van der Waals surface area (Å²) in [5.41, 5.74) is 14.6. The minimum atomic E-state index is -1.02. The van der Waals surface area contributed by atoms with E-state index in [2.05, 4.69) is 198 Å². The van der Waals surface area contributed by atoms with Crippen molar-refractivity contribution in [1.29, 1.82) is 0 Å². The summed E-state index contributed by atoms with van der Waals surface area (Å²) in [7, 11) is 0. The number of nitrogens with zero attached hydrogens (tertiary/aromatic N) is 2. The summed E-state index contributed by atoms with van der Waals surface area (Å²) in [5.74, 6) is 0. The molecule has 1 aromatic heterocycles. The zero-order valence-electron chi connectivity index (χ0n) is 37.0. The predicted octanol–water partition coefficient (Wildman–Crippen LogP) is 15.4. The monoisotopic (exact) mass is 778 g/mol. The Bertz CT molecular complexity index is 3780. The lowest BCUT2D eigenvalue weighted by molar-refractivity contribution is 0.773. The molecule has 13 rings (SSSR count). The van der Waals surface area contributed by atoms with E-state index in [9.17, 15) is 2.74 Å². The number of benzene rings is 10. The van der Waals surface area contributed by atoms with E-state index in [4.69, 9.17) is 2.74 Å². The molecule has 1 unspecified atom stereocenters. The molecule has 1 heterocycles. The van der Waals surface area contributed by atoms with Gasteiger partial charge < -0.3 is 9.47 Å². The fraction of sp³-hybridized carbons (Fsp3) is 0.0169. The van der Waals surface area contributed by atoms with Crippen LogP contribution in [0.25, 0.3) is 71.6 Å². The molecular weight excluding hydrogens is 737 g/mol. The van der Waals surface area contributed by atoms with Gasteiger partial charge in [-0.15, -0.1) is 0 Å². The SMILES string of the molecule is [2H]c1c([2H])c([2H])c2c(c1[2H])-c1ccccc1C21c2ccccc2-c2cccc3c(N(c4ccc5c6ccccc6n(-c6ccccc6)c5c4)c4ccccc4-c4ccccc4)ccc1c23. The Morgan fingerprint density at radius 3 is 1.84 bits per heavy atom. The van der Waals surface area contributed by atoms with E-state index in [1.54, 1.807) is 0 Å². The topological polar surface area (TPSA) is 8.17 Å². The Morgan fingerprint density at radius 1 is 0.393 bits per heavy atom. The van der Waals surface area contributed by atoms with Crippen molar-refractivity contribution in [2.45, 2.75) is 5.41 Å². The molecule has 2 aliphatic rings. The maximum absolute atomic E-state index is 9.69. The molecule has 0 N–H and O–H groups in total. The van der Waals surface area contributed by atoms with Crippen LogP contribution in [-0.4, -0.2) is 4.57 Å². The molecule has 1 spiro atoms. The lowest BCUT2D eigenvalue weighted by atomic mass is 9.61. The highest BCUT2D eigenvalue weighted by Gasteiger charge is 2.50. The molecular formula is C59H38N2. The Hall–Kier alpha value is -7.94. The first kappa shape index (κ1) is 30.2. The summed E-state index contributed by atoms with van der Waals surface area (Å²) in [6.45, 7) is 0. The molecule has 2 heteroatoms. The Labute approximate surface area is 360 Å². The van der Waals surface area contributed by atoms with Crippen molar-refractivity contribution in [3.8, 4) is 39.1 Å². The Kier molecular flexibility index (Phi) is 6.44. The van der Waals surface area contributed by atoms with Gasteiger partial charge in [-0.3, -0.25) is 0 Å². The molecule has 10 aromatic carbocycles. The van der Waals surface area contributed by atoms with E-state index < -0.39 is 5.41 Å². The Balaban J connectivity index is 1.16. The van der Waals surface area contributed by atoms with Crippen LogP contribution in [0.15, 0.2) is 230 Å². The van der Waals surface area contributed by atoms with Crippen molar-refractivity contribution in [3.05, 3.63) is 253 Å². The lowest BCUT2D eigenvalue weighted by Gasteiger charge is -2.41. The number of para-hydroxylation sites is 3. The van der Waals surface area contributed by atoms with Gasteiger partial charge in [0.2, 0.25) is 0 Å². The maximum atomic E-state index is 9.69. The summed E-state index contributed by atoms with van der Waals surface area (Å²) in [6.07, 6.45) is 0. The Morgan fingerprint density at radius 2 is 1.02 bits per heavy atom. The van der Waals surface area contributed by atoms with Crippen LogP contribution in [0.5, 0.6) is 0 Å². The van der Waals surface area contributed by atoms with Crippen molar-refractivity contribution in [3.63, 3.8) is 0 Å². The predicted molar refractivity (Wildman–Crippen MR) is 255 cm³/mol. The maximum Gasteiger partial charge on any atom is 0.0725 e. The first-order valence-electron chi connectivity index (χ1n) is 22.9. The third-order valence-electron chi connectivity index (χ3n) is 13.1. The summed E-state index contributed by atoms with van der Waals surface area (Å²) >= 11 is 0. The summed E-state index contributed by atoms with van der Waals surface area (Å²) in [5, 5.41) is 4.45. The van der Waals surface area contributed by atoms with E-state index in [0.29, 0.717) is 11.1 Å². The van der Waals surface area contributed by atoms with Crippen molar-refractivity contribution in [1.82, 2.24) is 4.57 Å². The van der Waals surface area contributed by atoms with Gasteiger partial charge in [-0.1, -0.05) is 188 Å². The molecule has 0 bridgehead atoms. The molecule has 0 saturated carbocycles. The lowest BCUT2D eigenvalue weighted by Crippen LogP contribution is -2.32. The second-order valence-electron chi connectivity index (χ2n) is 16.1. The first-order valence-corrected chi connectivity index (χ1v) is 20.9. The average Bonchev–Trinajstić information content (AvgIpc) is 3.86. The van der Waals surface area contributed by atoms with Crippen LogP contribution in [0.2, 0.25) is 0 Å². The number of fused-ring (bicyclic) bond motifs is 12. The van der Waals surface area contributed by atoms with Gasteiger partial charge in [-0.25, -0.2) is 0 Å². The highest BCUT2D eigenvalue weighted by molar-refractivity contribution is 6.14. The van der Waals surface area contributed by atoms with Crippen molar-refractivity contribution < 1.29 is 5.48 Å². The van der Waals surface area contributed by atoms with Crippen LogP contribution in [-0.2, 0) is 5.41 Å². The van der Waals surface area contributed by atoms with Crippen LogP contribution in [0.1, 0.15) is 27.7 Å². The van der Waals surface area contributed by atoms with Gasteiger partial charge in [-0.05, 0) is 97.9 Å². The minimum Gasteiger partial charge on any atom is -0.309 e. The van der Waals surface area contributed by atoms with Crippen molar-refractivity contribution in [2.24, 2.45) is 0 Å². The van der Waals surface area contributed by atoms with Crippen LogP contribution in [0.4, 0.5) is 17.1 Å². The van der Waals surface area contributed by atoms with Gasteiger partial charge in [-0.2, -0.15) is 0 Å². The number of aromatic nitrogens is 1. The highest BCUT2D eigenvalue weighted by Crippen LogP contribution is 2.62. The fourth-order valence-corrected chi connectivity index (χ4v) is 10.7. The van der Waals surface area contributed by atoms with Gasteiger partial charge in [0.15, 0.2) is 0 Å². The van der Waals surface area contributed by atoms with Gasteiger partial charge >= 0.3 is 0 Å². The van der Waals surface area contributed by atoms with E-state index in [1.807, 2.05) is 18.2 Å². The third-order valence-corrected chi connectivity index (χ3v) is 13.1. The number of hydrogen-bond acceptors (Lipinski definition) is 1. The second kappa shape index (κ2) is 13.0. The summed E-state index contributed by atoms with van der Waals surface area (Å²) < 4.78 is 39.3. The molecule has 1 atom stereocenters. The largest absolute Gasteiger partial charge is 0.309 e. The quantitative estimate of drug-likeness (QED) is 0.169. The molecule has 0 saturated heterocycles. The van der Waals surface area contributed by atoms with Crippen LogP contribution in [0.3, 0.4) is 0 Å². The molecule has 0 radical (unpaired) electrons. The smallest absolute Gasteiger partial charge is 0.0725 e. The molecule has 0 fully saturated rings. The van der Waals surface area contributed by atoms with E-state index in [-0.39, 0.29) is 24.2 Å². The third kappa shape index (κ3) is 4.67. The minimum absolute atomic E-state index is 0.0101. The molecule has 0 aliphatic heterocycles. The second-order valence-corrected chi connectivity index (χ2v) is 16.1. The standard InChI is InChI=1S/C59H38N2/c1-3-18-39(19-4-1)42-22-10-15-32-54(42)61(41-34-35-47-46-26-11-16-33-55(46)60(57(47)38-41)40-20-5-2-6-21-40)56-37-36-53-58-48(27-17-28-49(56)58)45-25-9-14-31-52(45)59(53)50-29-12-7-23-43(50)44-24-8-13-30-51(44)59/h1-38H/i7D,12D,23D,29D. The normalized spacial score (nSPS) is 15.5. The van der Waals surface area contributed by atoms with Crippen LogP contribution in [0, 0.1) is 0 Å². The van der Waals surface area contributed by atoms with Gasteiger partial charge in [0, 0.05) is 33.1 Å². The van der Waals surface area contributed by atoms with Gasteiger partial charge in [0.1, 0.15) is 0 Å². The van der Waals surface area contributed by atoms with Crippen LogP contribution >= 0.6 is 0 Å². The number of hydrogen-bond donors (Lipinski definition) is 0. The van der Waals surface area contributed by atoms with E-state index in [1.165, 1.54) is 10.8 Å². The molecule has 0 amide bonds. The molecule has 284 valence electrons. The molecule has 61 heavy (non-hydrogen) atoms. The molecule has 11 aromatic rings. The van der Waals surface area contributed by atoms with Crippen molar-refractivity contribution in [2.75, 3.05) is 4.90 Å². The van der Waals surface area contributed by atoms with Crippen LogP contribution < -0.4 is 4.90 Å². The first-order chi connectivity index (χ1) is 32.0. The molecule has 2 aliphatic carbocycles.